The van der Waals surface area contributed by atoms with Gasteiger partial charge in [0, 0.05) is 79.6 Å². The van der Waals surface area contributed by atoms with Crippen LogP contribution in [0.1, 0.15) is 122 Å². The maximum absolute atomic E-state index is 15.0. The third-order valence-electron chi connectivity index (χ3n) is 18.7. The zero-order valence-corrected chi connectivity index (χ0v) is 59.0. The number of benzene rings is 2. The zero-order valence-electron chi connectivity index (χ0n) is 59.0. The van der Waals surface area contributed by atoms with Gasteiger partial charge in [0.15, 0.2) is 5.96 Å². The zero-order chi connectivity index (χ0) is 76.9. The number of aliphatic hydroxyl groups is 2. The van der Waals surface area contributed by atoms with Crippen molar-refractivity contribution in [1.82, 2.24) is 67.2 Å². The summed E-state index contributed by atoms with van der Waals surface area (Å²) in [6, 6.07) is -3.02. The number of carbonyl (C=O) groups excluding carboxylic acids is 11. The van der Waals surface area contributed by atoms with Crippen LogP contribution in [-0.2, 0) is 80.0 Å². The summed E-state index contributed by atoms with van der Waals surface area (Å²) < 4.78 is 0. The van der Waals surface area contributed by atoms with Gasteiger partial charge in [0.25, 0.3) is 0 Å². The Morgan fingerprint density at radius 2 is 0.952 bits per heavy atom. The second-order valence-corrected chi connectivity index (χ2v) is 27.1. The second kappa shape index (κ2) is 38.1. The van der Waals surface area contributed by atoms with Crippen LogP contribution in [0.3, 0.4) is 0 Å². The van der Waals surface area contributed by atoms with Crippen molar-refractivity contribution in [3.8, 4) is 0 Å². The van der Waals surface area contributed by atoms with E-state index in [0.717, 1.165) is 26.3 Å². The highest BCUT2D eigenvalue weighted by Gasteiger charge is 2.44. The van der Waals surface area contributed by atoms with Crippen LogP contribution in [0.2, 0.25) is 0 Å². The molecule has 0 aliphatic carbocycles. The Hall–Kier alpha value is -10.7. The van der Waals surface area contributed by atoms with Gasteiger partial charge in [-0.1, -0.05) is 50.2 Å². The first kappa shape index (κ1) is 81.5. The minimum Gasteiger partial charge on any atom is -0.481 e. The van der Waals surface area contributed by atoms with Crippen LogP contribution in [0.25, 0.3) is 21.8 Å². The molecule has 0 radical (unpaired) electrons. The highest BCUT2D eigenvalue weighted by atomic mass is 16.4. The number of nitrogens with zero attached hydrogens (tertiary/aromatic N) is 4. The molecule has 4 aromatic rings. The number of amides is 11. The summed E-state index contributed by atoms with van der Waals surface area (Å²) in [5.74, 6) is -14.9. The molecule has 3 aliphatic rings. The number of hydrogen-bond acceptors (Lipinski definition) is 18. The first-order valence-corrected chi connectivity index (χ1v) is 35.1. The number of rotatable bonds is 38. The average Bonchev–Trinajstić information content (AvgIpc) is 1.72. The van der Waals surface area contributed by atoms with Crippen LogP contribution in [-0.4, -0.2) is 250 Å². The van der Waals surface area contributed by atoms with E-state index in [-0.39, 0.29) is 102 Å². The van der Waals surface area contributed by atoms with Gasteiger partial charge in [-0.15, -0.1) is 0 Å². The highest BCUT2D eigenvalue weighted by Crippen LogP contribution is 2.26. The van der Waals surface area contributed by atoms with Gasteiger partial charge >= 0.3 is 17.9 Å². The fraction of sp³-hybridized carbons (Fsp3) is 0.551. The Bertz CT molecular complexity index is 3850. The number of carboxylic acid groups (broad SMARTS) is 3. The number of para-hydroxylation sites is 2. The quantitative estimate of drug-likeness (QED) is 0.0120. The number of carboxylic acids is 3. The van der Waals surface area contributed by atoms with Crippen molar-refractivity contribution in [2.75, 3.05) is 32.8 Å². The van der Waals surface area contributed by atoms with Gasteiger partial charge in [0.2, 0.25) is 65.0 Å². The molecule has 5 heterocycles. The maximum atomic E-state index is 15.0. The van der Waals surface area contributed by atoms with Crippen molar-refractivity contribution in [2.45, 2.75) is 203 Å². The molecule has 0 unspecified atom stereocenters. The molecule has 0 spiro atoms. The summed E-state index contributed by atoms with van der Waals surface area (Å²) in [6.07, 6.45) is 0.0341. The van der Waals surface area contributed by atoms with Crippen molar-refractivity contribution in [3.05, 3.63) is 72.1 Å². The van der Waals surface area contributed by atoms with E-state index in [9.17, 15) is 92.7 Å². The Balaban J connectivity index is 1.06. The van der Waals surface area contributed by atoms with Crippen LogP contribution >= 0.6 is 0 Å². The van der Waals surface area contributed by atoms with E-state index in [0.29, 0.717) is 22.9 Å². The number of nitrogens with two attached hydrogens (primary N) is 3. The van der Waals surface area contributed by atoms with E-state index in [4.69, 9.17) is 17.2 Å². The van der Waals surface area contributed by atoms with Crippen LogP contribution < -0.4 is 59.7 Å². The molecule has 36 heteroatoms. The molecule has 105 heavy (non-hydrogen) atoms. The van der Waals surface area contributed by atoms with E-state index in [1.165, 1.54) is 18.7 Å². The number of guanidine groups is 1. The lowest BCUT2D eigenvalue weighted by molar-refractivity contribution is -0.145. The largest absolute Gasteiger partial charge is 0.481 e. The monoisotopic (exact) mass is 1470 g/mol. The molecule has 13 atom stereocenters. The number of fused-ring (bicyclic) bond motifs is 2. The SMILES string of the molecule is CC(C)C[C@H](NC(=O)[C@H](Cc1c[nH]c2ccccc12)NC(=O)[C@@H]1CCCN1C(=O)[C@H](CO)NC(=O)[C@@H](NC(=O)[C@@H]1CCCN1C(=O)[C@@H](N)Cc1c[nH]c2ccccc12)[C@@H](C)O)C(=O)N[C@@H](CCC(=O)O)C(=O)N[C@@H](CCCN=C(N)N)C(=O)N[C@@H](CCC(=O)O)C(=O)N1CCC[C@H]1C(=O)N[C@@H](C)C(=O)O. The number of carbonyl (C=O) groups is 14. The fourth-order valence-electron chi connectivity index (χ4n) is 13.2. The molecule has 7 rings (SSSR count). The number of aromatic amines is 2. The van der Waals surface area contributed by atoms with Gasteiger partial charge in [-0.3, -0.25) is 72.1 Å². The standard InChI is InChI=1S/C69H97N17O19/c1-35(2)29-48(59(95)78-46(21-23-54(89)90)58(94)77-45(17-9-25-73-69(71)72)57(93)79-47(22-24-55(91)92)66(102)85-27-11-18-51(85)61(97)76-36(3)68(104)105)80-60(96)49(31-39-33-75-44-16-8-6-14-41(39)44)81-62(98)52-19-12-28-86(52)67(103)50(34-87)82-64(100)56(37(4)88)83-63(99)53-20-10-26-84(53)65(101)42(70)30-38-32-74-43-15-7-5-13-40(38)43/h5-8,13-16,32-33,35-37,42,45-53,56,74-75,87-88H,9-12,17-31,34,70H2,1-4H3,(H,76,97)(H,77,94)(H,78,95)(H,79,93)(H,80,96)(H,81,98)(H,82,100)(H,83,99)(H,89,90)(H,91,92)(H,104,105)(H4,71,72,73)/t36-,37+,42-,45-,46-,47-,48-,49-,50-,51-,52-,53-,56-/m0/s1. The Labute approximate surface area is 603 Å². The molecule has 2 aromatic heterocycles. The number of aromatic nitrogens is 2. The van der Waals surface area contributed by atoms with E-state index < -0.39 is 194 Å². The summed E-state index contributed by atoms with van der Waals surface area (Å²) in [6.45, 7) is 4.80. The minimum atomic E-state index is -1.76. The molecule has 3 saturated heterocycles. The number of likely N-dealkylation sites (tertiary alicyclic amines) is 3. The lowest BCUT2D eigenvalue weighted by Crippen LogP contribution is -2.62. The van der Waals surface area contributed by atoms with Crippen LogP contribution in [0.5, 0.6) is 0 Å². The number of aliphatic hydroxyl groups excluding tert-OH is 2. The van der Waals surface area contributed by atoms with Gasteiger partial charge < -0.3 is 110 Å². The first-order chi connectivity index (χ1) is 49.9. The molecule has 572 valence electrons. The lowest BCUT2D eigenvalue weighted by atomic mass is 9.99. The number of aliphatic carboxylic acids is 3. The lowest BCUT2D eigenvalue weighted by Gasteiger charge is -2.31. The van der Waals surface area contributed by atoms with Crippen molar-refractivity contribution in [1.29, 1.82) is 0 Å². The normalized spacial score (nSPS) is 18.6. The summed E-state index contributed by atoms with van der Waals surface area (Å²) in [5.41, 5.74) is 20.3. The van der Waals surface area contributed by atoms with Gasteiger partial charge in [0.05, 0.1) is 18.8 Å². The molecule has 3 fully saturated rings. The molecule has 21 N–H and O–H groups in total. The Morgan fingerprint density at radius 1 is 0.524 bits per heavy atom. The van der Waals surface area contributed by atoms with Crippen LogP contribution in [0.4, 0.5) is 0 Å². The molecule has 3 aliphatic heterocycles. The predicted molar refractivity (Wildman–Crippen MR) is 377 cm³/mol. The number of aliphatic imine (C=N–C) groups is 1. The molecular weight excluding hydrogens is 1370 g/mol. The first-order valence-electron chi connectivity index (χ1n) is 35.1. The molecule has 2 aromatic carbocycles. The van der Waals surface area contributed by atoms with Crippen LogP contribution in [0.15, 0.2) is 65.9 Å². The van der Waals surface area contributed by atoms with Crippen molar-refractivity contribution >= 4 is 111 Å². The Kier molecular flexibility index (Phi) is 29.6. The highest BCUT2D eigenvalue weighted by molar-refractivity contribution is 6.01. The topological polar surface area (TPSA) is 568 Å². The summed E-state index contributed by atoms with van der Waals surface area (Å²) in [5, 5.41) is 72.1. The van der Waals surface area contributed by atoms with E-state index >= 15 is 0 Å². The summed E-state index contributed by atoms with van der Waals surface area (Å²) >= 11 is 0. The fourth-order valence-corrected chi connectivity index (χ4v) is 13.2. The van der Waals surface area contributed by atoms with E-state index in [2.05, 4.69) is 57.5 Å². The maximum Gasteiger partial charge on any atom is 0.325 e. The summed E-state index contributed by atoms with van der Waals surface area (Å²) in [4.78, 5) is 206. The van der Waals surface area contributed by atoms with Crippen molar-refractivity contribution in [3.63, 3.8) is 0 Å². The smallest absolute Gasteiger partial charge is 0.325 e. The van der Waals surface area contributed by atoms with Crippen LogP contribution in [0, 0.1) is 5.92 Å². The Morgan fingerprint density at radius 3 is 1.45 bits per heavy atom. The predicted octanol–water partition coefficient (Wildman–Crippen LogP) is -3.08. The number of H-pyrrole nitrogens is 2. The molecule has 11 amide bonds. The van der Waals surface area contributed by atoms with Gasteiger partial charge in [0.1, 0.15) is 66.5 Å². The van der Waals surface area contributed by atoms with Gasteiger partial charge in [-0.2, -0.15) is 0 Å². The van der Waals surface area contributed by atoms with Gasteiger partial charge in [-0.25, -0.2) is 0 Å². The molecular formula is C69H97N17O19. The third-order valence-corrected chi connectivity index (χ3v) is 18.7. The third kappa shape index (κ3) is 22.4. The average molecular weight is 1470 g/mol. The molecule has 0 bridgehead atoms. The summed E-state index contributed by atoms with van der Waals surface area (Å²) in [7, 11) is 0. The van der Waals surface area contributed by atoms with Crippen molar-refractivity contribution < 1.29 is 92.7 Å². The van der Waals surface area contributed by atoms with Gasteiger partial charge in [-0.05, 0) is 120 Å². The van der Waals surface area contributed by atoms with E-state index in [1.54, 1.807) is 50.5 Å². The molecule has 36 nitrogen and oxygen atoms in total. The van der Waals surface area contributed by atoms with E-state index in [1.807, 2.05) is 24.3 Å². The number of nitrogens with one attached hydrogen (secondary N) is 10. The van der Waals surface area contributed by atoms with Crippen molar-refractivity contribution in [2.24, 2.45) is 28.1 Å². The minimum absolute atomic E-state index is 0.0206. The molecule has 0 saturated carbocycles. The number of hydrogen-bond donors (Lipinski definition) is 18. The second-order valence-electron chi connectivity index (χ2n) is 27.1.